The first kappa shape index (κ1) is 17.7. The Hall–Kier alpha value is -2.12. The molecule has 0 bridgehead atoms. The summed E-state index contributed by atoms with van der Waals surface area (Å²) >= 11 is 1.44. The van der Waals surface area contributed by atoms with Gasteiger partial charge in [-0.05, 0) is 36.4 Å². The van der Waals surface area contributed by atoms with Crippen LogP contribution in [-0.4, -0.2) is 18.5 Å². The van der Waals surface area contributed by atoms with Crippen molar-refractivity contribution in [2.24, 2.45) is 0 Å². The van der Waals surface area contributed by atoms with Crippen LogP contribution < -0.4 is 4.74 Å². The van der Waals surface area contributed by atoms with Gasteiger partial charge in [0.15, 0.2) is 6.79 Å². The predicted octanol–water partition coefficient (Wildman–Crippen LogP) is 4.06. The maximum Gasteiger partial charge on any atom is 0.306 e. The number of rotatable bonds is 6. The van der Waals surface area contributed by atoms with E-state index >= 15 is 0 Å². The number of hydrogen-bond acceptors (Lipinski definition) is 5. The van der Waals surface area contributed by atoms with Gasteiger partial charge in [-0.3, -0.25) is 4.79 Å². The number of esters is 1. The van der Waals surface area contributed by atoms with E-state index in [2.05, 4.69) is 0 Å². The summed E-state index contributed by atoms with van der Waals surface area (Å²) in [6.45, 7) is 0.302. The summed E-state index contributed by atoms with van der Waals surface area (Å²) in [5, 5.41) is 0. The molecule has 132 valence electrons. The highest BCUT2D eigenvalue weighted by Gasteiger charge is 2.18. The van der Waals surface area contributed by atoms with Crippen molar-refractivity contribution >= 4 is 17.7 Å². The molecule has 0 saturated carbocycles. The second kappa shape index (κ2) is 8.31. The standard InChI is InChI=1S/C18H16F2O4S/c19-14-1-3-16(4-2-14)25-6-5-17(21)23-10-13-8-15(20)7-12-9-22-11-24-18(12)13/h1-4,7-8H,5-6,9-11H2. The van der Waals surface area contributed by atoms with Crippen molar-refractivity contribution in [2.75, 3.05) is 12.5 Å². The minimum Gasteiger partial charge on any atom is -0.467 e. The fourth-order valence-electron chi connectivity index (χ4n) is 2.38. The molecule has 25 heavy (non-hydrogen) atoms. The van der Waals surface area contributed by atoms with E-state index < -0.39 is 5.82 Å². The number of thioether (sulfide) groups is 1. The van der Waals surface area contributed by atoms with Gasteiger partial charge in [0.2, 0.25) is 0 Å². The summed E-state index contributed by atoms with van der Waals surface area (Å²) in [4.78, 5) is 12.7. The Morgan fingerprint density at radius 2 is 1.96 bits per heavy atom. The van der Waals surface area contributed by atoms with Crippen molar-refractivity contribution in [1.82, 2.24) is 0 Å². The summed E-state index contributed by atoms with van der Waals surface area (Å²) in [5.74, 6) is -0.0860. The SMILES string of the molecule is O=C(CCSc1ccc(F)cc1)OCc1cc(F)cc2c1OCOC2. The lowest BCUT2D eigenvalue weighted by Crippen LogP contribution is -2.15. The minimum atomic E-state index is -0.425. The van der Waals surface area contributed by atoms with Crippen molar-refractivity contribution in [2.45, 2.75) is 24.5 Å². The number of ether oxygens (including phenoxy) is 3. The molecular formula is C18H16F2O4S. The molecule has 1 aliphatic rings. The van der Waals surface area contributed by atoms with E-state index in [0.29, 0.717) is 22.6 Å². The highest BCUT2D eigenvalue weighted by atomic mass is 32.2. The third-order valence-electron chi connectivity index (χ3n) is 3.53. The lowest BCUT2D eigenvalue weighted by molar-refractivity contribution is -0.144. The Labute approximate surface area is 148 Å². The second-order valence-corrected chi connectivity index (χ2v) is 6.55. The molecule has 0 N–H and O–H groups in total. The van der Waals surface area contributed by atoms with Crippen LogP contribution in [-0.2, 0) is 27.5 Å². The summed E-state index contributed by atoms with van der Waals surface area (Å²) in [6.07, 6.45) is 0.198. The maximum absolute atomic E-state index is 13.6. The molecule has 0 saturated heterocycles. The van der Waals surface area contributed by atoms with Crippen LogP contribution in [0.2, 0.25) is 0 Å². The van der Waals surface area contributed by atoms with Crippen molar-refractivity contribution in [1.29, 1.82) is 0 Å². The van der Waals surface area contributed by atoms with Gasteiger partial charge in [0.05, 0.1) is 13.0 Å². The molecule has 7 heteroatoms. The third kappa shape index (κ3) is 4.93. The van der Waals surface area contributed by atoms with Gasteiger partial charge in [0.25, 0.3) is 0 Å². The van der Waals surface area contributed by atoms with Gasteiger partial charge in [0.1, 0.15) is 24.0 Å². The Kier molecular flexibility index (Phi) is 5.88. The molecule has 2 aromatic rings. The average molecular weight is 366 g/mol. The van der Waals surface area contributed by atoms with Crippen LogP contribution in [0, 0.1) is 11.6 Å². The van der Waals surface area contributed by atoms with Crippen LogP contribution in [0.15, 0.2) is 41.3 Å². The summed E-state index contributed by atoms with van der Waals surface area (Å²) in [6, 6.07) is 8.70. The van der Waals surface area contributed by atoms with E-state index in [4.69, 9.17) is 14.2 Å². The number of carbonyl (C=O) groups excluding carboxylic acids is 1. The lowest BCUT2D eigenvalue weighted by Gasteiger charge is -2.20. The monoisotopic (exact) mass is 366 g/mol. The molecule has 1 aliphatic heterocycles. The van der Waals surface area contributed by atoms with Crippen LogP contribution in [0.25, 0.3) is 0 Å². The van der Waals surface area contributed by atoms with Crippen molar-refractivity contribution in [3.8, 4) is 5.75 Å². The number of benzene rings is 2. The Morgan fingerprint density at radius 1 is 1.16 bits per heavy atom. The van der Waals surface area contributed by atoms with Gasteiger partial charge >= 0.3 is 5.97 Å². The topological polar surface area (TPSA) is 44.8 Å². The smallest absolute Gasteiger partial charge is 0.306 e. The summed E-state index contributed by atoms with van der Waals surface area (Å²) in [5.41, 5.74) is 1.09. The number of fused-ring (bicyclic) bond motifs is 1. The van der Waals surface area contributed by atoms with Gasteiger partial charge < -0.3 is 14.2 Å². The van der Waals surface area contributed by atoms with Crippen LogP contribution in [0.3, 0.4) is 0 Å². The first-order chi connectivity index (χ1) is 12.1. The Morgan fingerprint density at radius 3 is 2.76 bits per heavy atom. The first-order valence-corrected chi connectivity index (χ1v) is 8.66. The number of carbonyl (C=O) groups is 1. The Balaban J connectivity index is 1.49. The van der Waals surface area contributed by atoms with Crippen LogP contribution in [0.5, 0.6) is 5.75 Å². The average Bonchev–Trinajstić information content (AvgIpc) is 2.61. The van der Waals surface area contributed by atoms with Crippen LogP contribution in [0.1, 0.15) is 17.5 Å². The van der Waals surface area contributed by atoms with Crippen molar-refractivity contribution in [3.05, 3.63) is 59.2 Å². The van der Waals surface area contributed by atoms with E-state index in [9.17, 15) is 13.6 Å². The highest BCUT2D eigenvalue weighted by Crippen LogP contribution is 2.30. The molecule has 0 aromatic heterocycles. The highest BCUT2D eigenvalue weighted by molar-refractivity contribution is 7.99. The summed E-state index contributed by atoms with van der Waals surface area (Å²) < 4.78 is 42.1. The lowest BCUT2D eigenvalue weighted by atomic mass is 10.1. The summed E-state index contributed by atoms with van der Waals surface area (Å²) in [7, 11) is 0. The van der Waals surface area contributed by atoms with E-state index in [-0.39, 0.29) is 38.2 Å². The van der Waals surface area contributed by atoms with Gasteiger partial charge in [-0.25, -0.2) is 8.78 Å². The third-order valence-corrected chi connectivity index (χ3v) is 4.54. The maximum atomic E-state index is 13.6. The van der Waals surface area contributed by atoms with Gasteiger partial charge in [-0.1, -0.05) is 0 Å². The fraction of sp³-hybridized carbons (Fsp3) is 0.278. The molecule has 0 radical (unpaired) electrons. The normalized spacial score (nSPS) is 13.0. The Bertz CT molecular complexity index is 749. The molecule has 0 atom stereocenters. The molecule has 0 spiro atoms. The van der Waals surface area contributed by atoms with Crippen LogP contribution >= 0.6 is 11.8 Å². The molecular weight excluding hydrogens is 350 g/mol. The molecule has 2 aromatic carbocycles. The first-order valence-electron chi connectivity index (χ1n) is 7.67. The molecule has 0 amide bonds. The molecule has 1 heterocycles. The molecule has 3 rings (SSSR count). The van der Waals surface area contributed by atoms with Crippen molar-refractivity contribution in [3.63, 3.8) is 0 Å². The zero-order chi connectivity index (χ0) is 17.6. The quantitative estimate of drug-likeness (QED) is 0.570. The number of hydrogen-bond donors (Lipinski definition) is 0. The van der Waals surface area contributed by atoms with E-state index in [0.717, 1.165) is 4.90 Å². The zero-order valence-electron chi connectivity index (χ0n) is 13.3. The van der Waals surface area contributed by atoms with Gasteiger partial charge in [0, 0.05) is 21.8 Å². The molecule has 0 fully saturated rings. The minimum absolute atomic E-state index is 0.0554. The molecule has 4 nitrogen and oxygen atoms in total. The zero-order valence-corrected chi connectivity index (χ0v) is 14.1. The largest absolute Gasteiger partial charge is 0.467 e. The van der Waals surface area contributed by atoms with Crippen molar-refractivity contribution < 1.29 is 27.8 Å². The van der Waals surface area contributed by atoms with Crippen LogP contribution in [0.4, 0.5) is 8.78 Å². The van der Waals surface area contributed by atoms with Gasteiger partial charge in [-0.2, -0.15) is 0 Å². The predicted molar refractivity (Wildman–Crippen MR) is 88.2 cm³/mol. The van der Waals surface area contributed by atoms with Gasteiger partial charge in [-0.15, -0.1) is 11.8 Å². The molecule has 0 aliphatic carbocycles. The number of halogens is 2. The van der Waals surface area contributed by atoms with E-state index in [1.165, 1.54) is 36.0 Å². The van der Waals surface area contributed by atoms with E-state index in [1.807, 2.05) is 0 Å². The van der Waals surface area contributed by atoms with E-state index in [1.54, 1.807) is 12.1 Å². The molecule has 0 unspecified atom stereocenters. The fourth-order valence-corrected chi connectivity index (χ4v) is 3.21. The second-order valence-electron chi connectivity index (χ2n) is 5.38.